The van der Waals surface area contributed by atoms with Gasteiger partial charge in [-0.05, 0) is 95.1 Å². The van der Waals surface area contributed by atoms with Crippen molar-refractivity contribution in [2.45, 2.75) is 0 Å². The van der Waals surface area contributed by atoms with E-state index in [9.17, 15) is 0 Å². The summed E-state index contributed by atoms with van der Waals surface area (Å²) in [5.41, 5.74) is 16.1. The fourth-order valence-corrected chi connectivity index (χ4v) is 9.60. The summed E-state index contributed by atoms with van der Waals surface area (Å²) in [4.78, 5) is 0. The van der Waals surface area contributed by atoms with E-state index < -0.39 is 0 Å². The third-order valence-electron chi connectivity index (χ3n) is 12.3. The monoisotopic (exact) mass is 766 g/mol. The average Bonchev–Trinajstić information content (AvgIpc) is 4.08. The van der Waals surface area contributed by atoms with Crippen LogP contribution in [0.3, 0.4) is 0 Å². The van der Waals surface area contributed by atoms with E-state index in [0.717, 1.165) is 94.3 Å². The summed E-state index contributed by atoms with van der Waals surface area (Å²) >= 11 is 0. The summed E-state index contributed by atoms with van der Waals surface area (Å²) in [6.45, 7) is 0. The normalized spacial score (nSPS) is 12.0. The Morgan fingerprint density at radius 1 is 0.333 bits per heavy atom. The van der Waals surface area contributed by atoms with Gasteiger partial charge in [0, 0.05) is 43.6 Å². The molecule has 4 nitrogen and oxygen atoms in total. The minimum Gasteiger partial charge on any atom is -0.456 e. The second-order valence-corrected chi connectivity index (χ2v) is 15.7. The van der Waals surface area contributed by atoms with Crippen LogP contribution < -0.4 is 0 Å². The molecule has 4 heteroatoms. The van der Waals surface area contributed by atoms with Crippen molar-refractivity contribution in [1.82, 2.24) is 9.13 Å². The van der Waals surface area contributed by atoms with E-state index in [2.05, 4.69) is 203 Å². The lowest BCUT2D eigenvalue weighted by Gasteiger charge is -2.13. The third-order valence-corrected chi connectivity index (χ3v) is 12.3. The van der Waals surface area contributed by atoms with Crippen molar-refractivity contribution in [2.75, 3.05) is 0 Å². The fourth-order valence-electron chi connectivity index (χ4n) is 9.60. The van der Waals surface area contributed by atoms with Crippen LogP contribution in [0.2, 0.25) is 0 Å². The molecule has 0 saturated heterocycles. The molecular formula is C56H34N2O2. The van der Waals surface area contributed by atoms with Gasteiger partial charge < -0.3 is 18.0 Å². The maximum atomic E-state index is 6.62. The Balaban J connectivity index is 0.962. The molecule has 0 fully saturated rings. The minimum atomic E-state index is 0.860. The summed E-state index contributed by atoms with van der Waals surface area (Å²) < 4.78 is 17.8. The van der Waals surface area contributed by atoms with Gasteiger partial charge in [0.15, 0.2) is 0 Å². The van der Waals surface area contributed by atoms with Gasteiger partial charge in [0.1, 0.15) is 22.3 Å². The molecule has 0 atom stereocenters. The zero-order valence-electron chi connectivity index (χ0n) is 32.3. The molecule has 13 aromatic rings. The summed E-state index contributed by atoms with van der Waals surface area (Å²) in [5.74, 6) is 0. The van der Waals surface area contributed by atoms with E-state index >= 15 is 0 Å². The standard InChI is InChI=1S/C56H34N2O2/c1-2-13-40(14-3-1)57-48-20-8-5-15-42(48)45-32-37(28-30-49(45)57)38-29-31-53-46(33-38)55-50(21-11-23-54(55)59-53)58-47-19-7-4-12-39(47)34-51(58)36-26-24-35(25-27-36)41-17-10-18-44-43-16-6-9-22-52(43)60-56(41)44/h1-34H. The van der Waals surface area contributed by atoms with Crippen LogP contribution in [0.15, 0.2) is 215 Å². The molecule has 0 bridgehead atoms. The van der Waals surface area contributed by atoms with Gasteiger partial charge in [-0.3, -0.25) is 0 Å². The van der Waals surface area contributed by atoms with Crippen molar-refractivity contribution in [3.63, 3.8) is 0 Å². The van der Waals surface area contributed by atoms with Gasteiger partial charge in [-0.25, -0.2) is 0 Å². The molecule has 0 saturated carbocycles. The maximum Gasteiger partial charge on any atom is 0.143 e. The second kappa shape index (κ2) is 12.7. The second-order valence-electron chi connectivity index (χ2n) is 15.7. The molecule has 0 amide bonds. The molecule has 0 aliphatic heterocycles. The third kappa shape index (κ3) is 4.85. The number of hydrogen-bond donors (Lipinski definition) is 0. The van der Waals surface area contributed by atoms with Crippen molar-refractivity contribution in [1.29, 1.82) is 0 Å². The summed E-state index contributed by atoms with van der Waals surface area (Å²) in [5, 5.41) is 8.09. The Kier molecular flexibility index (Phi) is 6.98. The highest BCUT2D eigenvalue weighted by atomic mass is 16.3. The van der Waals surface area contributed by atoms with Crippen LogP contribution in [0.25, 0.3) is 121 Å². The van der Waals surface area contributed by atoms with Crippen LogP contribution in [0.1, 0.15) is 0 Å². The molecule has 9 aromatic carbocycles. The molecule has 0 N–H and O–H groups in total. The number of benzene rings is 9. The van der Waals surface area contributed by atoms with Crippen molar-refractivity contribution < 1.29 is 8.83 Å². The predicted molar refractivity (Wildman–Crippen MR) is 248 cm³/mol. The quantitative estimate of drug-likeness (QED) is 0.175. The lowest BCUT2D eigenvalue weighted by atomic mass is 9.99. The fraction of sp³-hybridized carbons (Fsp3) is 0. The molecule has 0 aliphatic rings. The van der Waals surface area contributed by atoms with E-state index in [1.165, 1.54) is 27.2 Å². The molecule has 13 rings (SSSR count). The number of furan rings is 2. The van der Waals surface area contributed by atoms with Crippen LogP contribution in [0.4, 0.5) is 0 Å². The van der Waals surface area contributed by atoms with E-state index in [1.54, 1.807) is 0 Å². The maximum absolute atomic E-state index is 6.62. The first-order valence-electron chi connectivity index (χ1n) is 20.4. The van der Waals surface area contributed by atoms with Crippen LogP contribution in [-0.2, 0) is 0 Å². The van der Waals surface area contributed by atoms with Crippen LogP contribution in [0, 0.1) is 0 Å². The van der Waals surface area contributed by atoms with Crippen LogP contribution in [0.5, 0.6) is 0 Å². The smallest absolute Gasteiger partial charge is 0.143 e. The zero-order valence-corrected chi connectivity index (χ0v) is 32.3. The summed E-state index contributed by atoms with van der Waals surface area (Å²) in [6, 6.07) is 73.7. The number of rotatable bonds is 5. The lowest BCUT2D eigenvalue weighted by Crippen LogP contribution is -1.97. The van der Waals surface area contributed by atoms with E-state index in [0.29, 0.717) is 0 Å². The Morgan fingerprint density at radius 2 is 0.967 bits per heavy atom. The molecule has 0 spiro atoms. The average molecular weight is 767 g/mol. The Morgan fingerprint density at radius 3 is 1.85 bits per heavy atom. The predicted octanol–water partition coefficient (Wildman–Crippen LogP) is 15.5. The van der Waals surface area contributed by atoms with Crippen LogP contribution >= 0.6 is 0 Å². The highest BCUT2D eigenvalue weighted by Crippen LogP contribution is 2.42. The number of fused-ring (bicyclic) bond motifs is 10. The minimum absolute atomic E-state index is 0.860. The highest BCUT2D eigenvalue weighted by Gasteiger charge is 2.20. The topological polar surface area (TPSA) is 36.1 Å². The number of hydrogen-bond acceptors (Lipinski definition) is 2. The highest BCUT2D eigenvalue weighted by molar-refractivity contribution is 6.14. The molecule has 280 valence electrons. The van der Waals surface area contributed by atoms with Gasteiger partial charge in [0.2, 0.25) is 0 Å². The van der Waals surface area contributed by atoms with E-state index in [-0.39, 0.29) is 0 Å². The van der Waals surface area contributed by atoms with Gasteiger partial charge in [-0.1, -0.05) is 133 Å². The van der Waals surface area contributed by atoms with Gasteiger partial charge >= 0.3 is 0 Å². The number of aromatic nitrogens is 2. The first-order valence-corrected chi connectivity index (χ1v) is 20.4. The zero-order chi connectivity index (χ0) is 39.3. The molecule has 60 heavy (non-hydrogen) atoms. The van der Waals surface area contributed by atoms with Crippen molar-refractivity contribution in [3.05, 3.63) is 206 Å². The Bertz CT molecular complexity index is 3820. The van der Waals surface area contributed by atoms with Crippen molar-refractivity contribution in [3.8, 4) is 44.9 Å². The van der Waals surface area contributed by atoms with Gasteiger partial charge in [0.05, 0.1) is 33.3 Å². The van der Waals surface area contributed by atoms with E-state index in [1.807, 2.05) is 12.1 Å². The first kappa shape index (κ1) is 32.9. The lowest BCUT2D eigenvalue weighted by molar-refractivity contribution is 0.668. The first-order chi connectivity index (χ1) is 29.7. The Hall–Kier alpha value is -8.08. The van der Waals surface area contributed by atoms with Gasteiger partial charge in [-0.2, -0.15) is 0 Å². The largest absolute Gasteiger partial charge is 0.456 e. The van der Waals surface area contributed by atoms with Crippen LogP contribution in [-0.4, -0.2) is 9.13 Å². The van der Waals surface area contributed by atoms with Crippen molar-refractivity contribution in [2.24, 2.45) is 0 Å². The van der Waals surface area contributed by atoms with E-state index in [4.69, 9.17) is 8.83 Å². The molecule has 0 unspecified atom stereocenters. The van der Waals surface area contributed by atoms with Crippen molar-refractivity contribution >= 4 is 76.6 Å². The van der Waals surface area contributed by atoms with Gasteiger partial charge in [-0.15, -0.1) is 0 Å². The molecule has 0 radical (unpaired) electrons. The SMILES string of the molecule is c1ccc(-n2c3ccccc3c3cc(-c4ccc5oc6cccc(-n7c(-c8ccc(-c9cccc%10c9oc9ccccc9%10)cc8)cc8ccccc87)c6c5c4)ccc32)cc1. The molecule has 0 aliphatic carbocycles. The molecular weight excluding hydrogens is 733 g/mol. The molecule has 4 aromatic heterocycles. The Labute approximate surface area is 344 Å². The summed E-state index contributed by atoms with van der Waals surface area (Å²) in [6.07, 6.45) is 0. The summed E-state index contributed by atoms with van der Waals surface area (Å²) in [7, 11) is 0. The molecule has 4 heterocycles. The van der Waals surface area contributed by atoms with Gasteiger partial charge in [0.25, 0.3) is 0 Å². The number of para-hydroxylation sites is 5. The number of nitrogens with zero attached hydrogens (tertiary/aromatic N) is 2.